The van der Waals surface area contributed by atoms with Crippen molar-refractivity contribution in [3.8, 4) is 5.75 Å². The van der Waals surface area contributed by atoms with Crippen LogP contribution in [0, 0.1) is 6.92 Å². The monoisotopic (exact) mass is 534 g/mol. The molecule has 1 unspecified atom stereocenters. The van der Waals surface area contributed by atoms with Gasteiger partial charge in [-0.2, -0.15) is 0 Å². The van der Waals surface area contributed by atoms with Gasteiger partial charge in [0, 0.05) is 30.1 Å². The van der Waals surface area contributed by atoms with Crippen molar-refractivity contribution in [3.05, 3.63) is 71.5 Å². The lowest BCUT2D eigenvalue weighted by molar-refractivity contribution is -0.128. The second-order valence-electron chi connectivity index (χ2n) is 10.0. The molecule has 2 N–H and O–H groups in total. The molecule has 0 spiro atoms. The number of aryl methyl sites for hydroxylation is 2. The highest BCUT2D eigenvalue weighted by molar-refractivity contribution is 6.03. The van der Waals surface area contributed by atoms with Crippen LogP contribution in [0.3, 0.4) is 0 Å². The lowest BCUT2D eigenvalue weighted by Gasteiger charge is -2.35. The Hall–Kier alpha value is -4.14. The van der Waals surface area contributed by atoms with E-state index in [4.69, 9.17) is 9.26 Å². The van der Waals surface area contributed by atoms with Crippen molar-refractivity contribution < 1.29 is 23.6 Å². The first-order chi connectivity index (χ1) is 18.6. The molecule has 2 aromatic carbocycles. The quantitative estimate of drug-likeness (QED) is 0.324. The van der Waals surface area contributed by atoms with Crippen LogP contribution >= 0.6 is 0 Å². The summed E-state index contributed by atoms with van der Waals surface area (Å²) >= 11 is 0. The van der Waals surface area contributed by atoms with Crippen LogP contribution in [0.1, 0.15) is 69.9 Å². The maximum atomic E-state index is 14.0. The summed E-state index contributed by atoms with van der Waals surface area (Å²) < 4.78 is 10.3. The number of carbonyl (C=O) groups is 3. The Morgan fingerprint density at radius 3 is 2.33 bits per heavy atom. The Morgan fingerprint density at radius 1 is 1.05 bits per heavy atom. The van der Waals surface area contributed by atoms with Gasteiger partial charge in [0.1, 0.15) is 17.6 Å². The fraction of sp³-hybridized carbons (Fsp3) is 0.400. The van der Waals surface area contributed by atoms with Crippen LogP contribution in [0.2, 0.25) is 0 Å². The van der Waals surface area contributed by atoms with Gasteiger partial charge in [0.25, 0.3) is 0 Å². The van der Waals surface area contributed by atoms with Crippen LogP contribution in [-0.2, 0) is 20.8 Å². The number of nitrogens with zero attached hydrogens (tertiary/aromatic N) is 2. The number of amides is 3. The van der Waals surface area contributed by atoms with E-state index in [2.05, 4.69) is 15.8 Å². The third-order valence-electron chi connectivity index (χ3n) is 6.65. The Morgan fingerprint density at radius 2 is 1.74 bits per heavy atom. The van der Waals surface area contributed by atoms with Crippen LogP contribution in [0.15, 0.2) is 59.1 Å². The summed E-state index contributed by atoms with van der Waals surface area (Å²) in [4.78, 5) is 42.0. The molecule has 0 saturated heterocycles. The smallest absolute Gasteiger partial charge is 0.248 e. The van der Waals surface area contributed by atoms with Crippen molar-refractivity contribution in [1.29, 1.82) is 0 Å². The Kier molecular flexibility index (Phi) is 9.87. The lowest BCUT2D eigenvalue weighted by atomic mass is 9.97. The minimum Gasteiger partial charge on any atom is -0.497 e. The zero-order valence-corrected chi connectivity index (χ0v) is 23.5. The standard InChI is InChI=1S/C30H38N4O5/c1-7-21-11-9-10-12-24(21)34(27(36)18-17-26(35)31-25-19-20(3)39-33-25)28(29(37)32-30(4,5)8-2)22-13-15-23(38-6)16-14-22/h9-16,19,28H,7-8,17-18H2,1-6H3,(H,32,37)(H,31,33,35). The molecule has 0 radical (unpaired) electrons. The van der Waals surface area contributed by atoms with E-state index in [1.165, 1.54) is 4.90 Å². The zero-order chi connectivity index (χ0) is 28.6. The predicted octanol–water partition coefficient (Wildman–Crippen LogP) is 5.35. The molecule has 1 aromatic heterocycles. The normalized spacial score (nSPS) is 11.9. The van der Waals surface area contributed by atoms with E-state index < -0.39 is 11.6 Å². The first-order valence-electron chi connectivity index (χ1n) is 13.2. The second-order valence-corrected chi connectivity index (χ2v) is 10.0. The van der Waals surface area contributed by atoms with E-state index in [1.54, 1.807) is 44.4 Å². The molecule has 3 amide bonds. The van der Waals surface area contributed by atoms with Gasteiger partial charge in [-0.3, -0.25) is 19.3 Å². The predicted molar refractivity (Wildman–Crippen MR) is 151 cm³/mol. The number of nitrogens with one attached hydrogen (secondary N) is 2. The van der Waals surface area contributed by atoms with Crippen LogP contribution in [0.5, 0.6) is 5.75 Å². The first-order valence-corrected chi connectivity index (χ1v) is 13.2. The van der Waals surface area contributed by atoms with Gasteiger partial charge in [0.15, 0.2) is 5.82 Å². The van der Waals surface area contributed by atoms with Crippen LogP contribution < -0.4 is 20.3 Å². The number of aromatic nitrogens is 1. The number of anilines is 2. The van der Waals surface area contributed by atoms with Gasteiger partial charge in [-0.05, 0) is 62.9 Å². The average molecular weight is 535 g/mol. The molecule has 3 aromatic rings. The molecule has 0 aliphatic rings. The molecular weight excluding hydrogens is 496 g/mol. The molecule has 0 aliphatic heterocycles. The maximum Gasteiger partial charge on any atom is 0.248 e. The highest BCUT2D eigenvalue weighted by Crippen LogP contribution is 2.33. The van der Waals surface area contributed by atoms with Crippen molar-refractivity contribution in [3.63, 3.8) is 0 Å². The summed E-state index contributed by atoms with van der Waals surface area (Å²) in [7, 11) is 1.57. The number of hydrogen-bond acceptors (Lipinski definition) is 6. The number of hydrogen-bond donors (Lipinski definition) is 2. The minimum atomic E-state index is -0.969. The van der Waals surface area contributed by atoms with Crippen molar-refractivity contribution in [2.24, 2.45) is 0 Å². The second kappa shape index (κ2) is 13.1. The molecule has 0 saturated carbocycles. The van der Waals surface area contributed by atoms with Crippen LogP contribution in [0.4, 0.5) is 11.5 Å². The number of benzene rings is 2. The molecular formula is C30H38N4O5. The SMILES string of the molecule is CCc1ccccc1N(C(=O)CCC(=O)Nc1cc(C)on1)C(C(=O)NC(C)(C)CC)c1ccc(OC)cc1. The molecule has 1 heterocycles. The number of methoxy groups -OCH3 is 1. The topological polar surface area (TPSA) is 114 Å². The van der Waals surface area contributed by atoms with Gasteiger partial charge in [0.2, 0.25) is 17.7 Å². The van der Waals surface area contributed by atoms with Gasteiger partial charge in [-0.1, -0.05) is 49.3 Å². The summed E-state index contributed by atoms with van der Waals surface area (Å²) in [5.41, 5.74) is 1.68. The number of ether oxygens (including phenoxy) is 1. The van der Waals surface area contributed by atoms with E-state index in [-0.39, 0.29) is 36.4 Å². The van der Waals surface area contributed by atoms with E-state index in [0.29, 0.717) is 35.6 Å². The first kappa shape index (κ1) is 29.4. The fourth-order valence-electron chi connectivity index (χ4n) is 4.13. The third kappa shape index (κ3) is 7.69. The van der Waals surface area contributed by atoms with Gasteiger partial charge < -0.3 is 19.9 Å². The Balaban J connectivity index is 2.01. The number of para-hydroxylation sites is 1. The van der Waals surface area contributed by atoms with Crippen LogP contribution in [0.25, 0.3) is 0 Å². The average Bonchev–Trinajstić information content (AvgIpc) is 3.34. The van der Waals surface area contributed by atoms with Gasteiger partial charge in [-0.25, -0.2) is 0 Å². The molecule has 9 heteroatoms. The molecule has 0 bridgehead atoms. The fourth-order valence-corrected chi connectivity index (χ4v) is 4.13. The molecule has 0 fully saturated rings. The molecule has 39 heavy (non-hydrogen) atoms. The zero-order valence-electron chi connectivity index (χ0n) is 23.5. The van der Waals surface area contributed by atoms with Crippen LogP contribution in [-0.4, -0.2) is 35.5 Å². The lowest BCUT2D eigenvalue weighted by Crippen LogP contribution is -2.50. The number of carbonyl (C=O) groups excluding carboxylic acids is 3. The van der Waals surface area contributed by atoms with E-state index in [1.807, 2.05) is 52.0 Å². The Labute approximate surface area is 229 Å². The summed E-state index contributed by atoms with van der Waals surface area (Å²) in [6.07, 6.45) is 1.16. The maximum absolute atomic E-state index is 14.0. The van der Waals surface area contributed by atoms with E-state index in [9.17, 15) is 14.4 Å². The molecule has 9 nitrogen and oxygen atoms in total. The van der Waals surface area contributed by atoms with Crippen molar-refractivity contribution in [1.82, 2.24) is 10.5 Å². The van der Waals surface area contributed by atoms with Crippen molar-refractivity contribution >= 4 is 29.2 Å². The van der Waals surface area contributed by atoms with Gasteiger partial charge >= 0.3 is 0 Å². The summed E-state index contributed by atoms with van der Waals surface area (Å²) in [6, 6.07) is 15.3. The summed E-state index contributed by atoms with van der Waals surface area (Å²) in [5.74, 6) is 0.445. The van der Waals surface area contributed by atoms with E-state index in [0.717, 1.165) is 5.56 Å². The highest BCUT2D eigenvalue weighted by Gasteiger charge is 2.35. The molecule has 1 atom stereocenters. The van der Waals surface area contributed by atoms with Crippen molar-refractivity contribution in [2.45, 2.75) is 71.9 Å². The van der Waals surface area contributed by atoms with Crippen molar-refractivity contribution in [2.75, 3.05) is 17.3 Å². The highest BCUT2D eigenvalue weighted by atomic mass is 16.5. The summed E-state index contributed by atoms with van der Waals surface area (Å²) in [6.45, 7) is 9.60. The third-order valence-corrected chi connectivity index (χ3v) is 6.65. The van der Waals surface area contributed by atoms with E-state index >= 15 is 0 Å². The van der Waals surface area contributed by atoms with Gasteiger partial charge in [-0.15, -0.1) is 0 Å². The minimum absolute atomic E-state index is 0.0903. The molecule has 0 aliphatic carbocycles. The molecule has 208 valence electrons. The van der Waals surface area contributed by atoms with Gasteiger partial charge in [0.05, 0.1) is 7.11 Å². The largest absolute Gasteiger partial charge is 0.497 e. The summed E-state index contributed by atoms with van der Waals surface area (Å²) in [5, 5.41) is 9.53. The Bertz CT molecular complexity index is 1280. The molecule has 3 rings (SSSR count). The number of rotatable bonds is 12.